The highest BCUT2D eigenvalue weighted by Crippen LogP contribution is 2.19. The Balaban J connectivity index is 2.03. The predicted octanol–water partition coefficient (Wildman–Crippen LogP) is 2.70. The van der Waals surface area contributed by atoms with Gasteiger partial charge in [0, 0.05) is 38.1 Å². The summed E-state index contributed by atoms with van der Waals surface area (Å²) in [5.74, 6) is 0.215. The lowest BCUT2D eigenvalue weighted by atomic mass is 9.94. The number of morpholine rings is 1. The van der Waals surface area contributed by atoms with Gasteiger partial charge < -0.3 is 9.64 Å². The molecule has 1 heterocycles. The Morgan fingerprint density at radius 2 is 1.96 bits per heavy atom. The Morgan fingerprint density at radius 1 is 1.26 bits per heavy atom. The SMILES string of the molecule is Cc1cccc(CN(CCN2CCOCC2)C(=O)C(C)(C)C)c1. The second-order valence-corrected chi connectivity index (χ2v) is 7.42. The van der Waals surface area contributed by atoms with Gasteiger partial charge in [-0.25, -0.2) is 0 Å². The summed E-state index contributed by atoms with van der Waals surface area (Å²) in [6.07, 6.45) is 0. The molecule has 0 radical (unpaired) electrons. The van der Waals surface area contributed by atoms with Crippen LogP contribution in [0.5, 0.6) is 0 Å². The molecule has 4 nitrogen and oxygen atoms in total. The predicted molar refractivity (Wildman–Crippen MR) is 93.3 cm³/mol. The summed E-state index contributed by atoms with van der Waals surface area (Å²) in [5, 5.41) is 0. The summed E-state index contributed by atoms with van der Waals surface area (Å²) in [7, 11) is 0. The van der Waals surface area contributed by atoms with Crippen molar-refractivity contribution >= 4 is 5.91 Å². The number of carbonyl (C=O) groups is 1. The highest BCUT2D eigenvalue weighted by molar-refractivity contribution is 5.81. The van der Waals surface area contributed by atoms with Crippen molar-refractivity contribution in [2.24, 2.45) is 5.41 Å². The highest BCUT2D eigenvalue weighted by Gasteiger charge is 2.27. The summed E-state index contributed by atoms with van der Waals surface area (Å²) in [6.45, 7) is 13.9. The molecule has 0 bridgehead atoms. The smallest absolute Gasteiger partial charge is 0.228 e. The molecule has 1 aromatic rings. The van der Waals surface area contributed by atoms with Crippen molar-refractivity contribution in [3.8, 4) is 0 Å². The number of benzene rings is 1. The molecule has 0 aliphatic carbocycles. The number of aryl methyl sites for hydroxylation is 1. The number of rotatable bonds is 5. The van der Waals surface area contributed by atoms with Crippen molar-refractivity contribution in [2.75, 3.05) is 39.4 Å². The van der Waals surface area contributed by atoms with Crippen molar-refractivity contribution in [3.05, 3.63) is 35.4 Å². The molecule has 0 aromatic heterocycles. The van der Waals surface area contributed by atoms with Gasteiger partial charge in [-0.15, -0.1) is 0 Å². The number of hydrogen-bond acceptors (Lipinski definition) is 3. The monoisotopic (exact) mass is 318 g/mol. The first-order chi connectivity index (χ1) is 10.9. The standard InChI is InChI=1S/C19H30N2O2/c1-16-6-5-7-17(14-16)15-21(18(22)19(2,3)4)9-8-20-10-12-23-13-11-20/h5-7,14H,8-13,15H2,1-4H3. The Labute approximate surface area is 140 Å². The highest BCUT2D eigenvalue weighted by atomic mass is 16.5. The first-order valence-electron chi connectivity index (χ1n) is 8.51. The molecule has 1 saturated heterocycles. The minimum absolute atomic E-state index is 0.215. The lowest BCUT2D eigenvalue weighted by molar-refractivity contribution is -0.140. The van der Waals surface area contributed by atoms with Gasteiger partial charge in [0.2, 0.25) is 5.91 Å². The lowest BCUT2D eigenvalue weighted by Gasteiger charge is -2.33. The maximum Gasteiger partial charge on any atom is 0.228 e. The molecule has 23 heavy (non-hydrogen) atoms. The zero-order valence-corrected chi connectivity index (χ0v) is 15.0. The van der Waals surface area contributed by atoms with Gasteiger partial charge in [-0.2, -0.15) is 0 Å². The number of nitrogens with zero attached hydrogens (tertiary/aromatic N) is 2. The molecule has 0 unspecified atom stereocenters. The van der Waals surface area contributed by atoms with Crippen LogP contribution in [0, 0.1) is 12.3 Å². The van der Waals surface area contributed by atoms with E-state index in [9.17, 15) is 4.79 Å². The quantitative estimate of drug-likeness (QED) is 0.837. The molecule has 2 rings (SSSR count). The second-order valence-electron chi connectivity index (χ2n) is 7.42. The number of hydrogen-bond donors (Lipinski definition) is 0. The van der Waals surface area contributed by atoms with E-state index in [-0.39, 0.29) is 11.3 Å². The van der Waals surface area contributed by atoms with Gasteiger partial charge >= 0.3 is 0 Å². The third-order valence-electron chi connectivity index (χ3n) is 4.17. The molecule has 1 fully saturated rings. The Bertz CT molecular complexity index is 516. The molecule has 1 aliphatic rings. The fourth-order valence-corrected chi connectivity index (χ4v) is 2.84. The molecule has 128 valence electrons. The van der Waals surface area contributed by atoms with Gasteiger partial charge in [0.25, 0.3) is 0 Å². The van der Waals surface area contributed by atoms with Gasteiger partial charge in [-0.05, 0) is 12.5 Å². The maximum atomic E-state index is 12.8. The largest absolute Gasteiger partial charge is 0.379 e. The molecule has 1 aliphatic heterocycles. The fourth-order valence-electron chi connectivity index (χ4n) is 2.84. The van der Waals surface area contributed by atoms with Crippen LogP contribution in [0.3, 0.4) is 0 Å². The molecule has 0 atom stereocenters. The summed E-state index contributed by atoms with van der Waals surface area (Å²) >= 11 is 0. The molecule has 4 heteroatoms. The van der Waals surface area contributed by atoms with Crippen LogP contribution in [0.4, 0.5) is 0 Å². The van der Waals surface area contributed by atoms with Crippen LogP contribution in [0.15, 0.2) is 24.3 Å². The van der Waals surface area contributed by atoms with Crippen LogP contribution in [-0.4, -0.2) is 55.1 Å². The molecule has 1 amide bonds. The van der Waals surface area contributed by atoms with Crippen LogP contribution >= 0.6 is 0 Å². The molecule has 0 saturated carbocycles. The maximum absolute atomic E-state index is 12.8. The summed E-state index contributed by atoms with van der Waals surface area (Å²) in [5.41, 5.74) is 2.08. The van der Waals surface area contributed by atoms with E-state index < -0.39 is 0 Å². The topological polar surface area (TPSA) is 32.8 Å². The summed E-state index contributed by atoms with van der Waals surface area (Å²) in [6, 6.07) is 8.42. The third-order valence-corrected chi connectivity index (χ3v) is 4.17. The average Bonchev–Trinajstić information content (AvgIpc) is 2.51. The van der Waals surface area contributed by atoms with Gasteiger partial charge in [0.15, 0.2) is 0 Å². The summed E-state index contributed by atoms with van der Waals surface area (Å²) in [4.78, 5) is 17.2. The normalized spacial score (nSPS) is 16.3. The van der Waals surface area contributed by atoms with Crippen LogP contribution in [0.1, 0.15) is 31.9 Å². The van der Waals surface area contributed by atoms with E-state index in [0.717, 1.165) is 39.4 Å². The van der Waals surface area contributed by atoms with Crippen molar-refractivity contribution in [1.29, 1.82) is 0 Å². The molecular weight excluding hydrogens is 288 g/mol. The van der Waals surface area contributed by atoms with E-state index in [4.69, 9.17) is 4.74 Å². The van der Waals surface area contributed by atoms with E-state index in [1.54, 1.807) is 0 Å². The Hall–Kier alpha value is -1.39. The van der Waals surface area contributed by atoms with E-state index in [2.05, 4.69) is 36.1 Å². The van der Waals surface area contributed by atoms with E-state index in [1.807, 2.05) is 25.7 Å². The van der Waals surface area contributed by atoms with Crippen LogP contribution in [0.25, 0.3) is 0 Å². The molecule has 0 spiro atoms. The Morgan fingerprint density at radius 3 is 2.57 bits per heavy atom. The first-order valence-corrected chi connectivity index (χ1v) is 8.51. The van der Waals surface area contributed by atoms with Crippen molar-refractivity contribution in [2.45, 2.75) is 34.2 Å². The third kappa shape index (κ3) is 5.63. The van der Waals surface area contributed by atoms with Gasteiger partial charge in [0.1, 0.15) is 0 Å². The molecule has 1 aromatic carbocycles. The fraction of sp³-hybridized carbons (Fsp3) is 0.632. The first kappa shape index (κ1) is 18.0. The summed E-state index contributed by atoms with van der Waals surface area (Å²) < 4.78 is 5.39. The zero-order valence-electron chi connectivity index (χ0n) is 15.0. The van der Waals surface area contributed by atoms with Gasteiger partial charge in [-0.1, -0.05) is 50.6 Å². The van der Waals surface area contributed by atoms with E-state index in [1.165, 1.54) is 11.1 Å². The number of carbonyl (C=O) groups excluding carboxylic acids is 1. The Kier molecular flexibility index (Phi) is 6.19. The van der Waals surface area contributed by atoms with E-state index >= 15 is 0 Å². The minimum Gasteiger partial charge on any atom is -0.379 e. The number of ether oxygens (including phenoxy) is 1. The van der Waals surface area contributed by atoms with Crippen LogP contribution in [0.2, 0.25) is 0 Å². The van der Waals surface area contributed by atoms with Crippen molar-refractivity contribution in [1.82, 2.24) is 9.80 Å². The van der Waals surface area contributed by atoms with Crippen molar-refractivity contribution in [3.63, 3.8) is 0 Å². The van der Waals surface area contributed by atoms with Gasteiger partial charge in [0.05, 0.1) is 13.2 Å². The second kappa shape index (κ2) is 7.93. The minimum atomic E-state index is -0.352. The van der Waals surface area contributed by atoms with Crippen LogP contribution < -0.4 is 0 Å². The van der Waals surface area contributed by atoms with Crippen molar-refractivity contribution < 1.29 is 9.53 Å². The van der Waals surface area contributed by atoms with Crippen LogP contribution in [-0.2, 0) is 16.1 Å². The zero-order chi connectivity index (χ0) is 16.9. The number of amides is 1. The average molecular weight is 318 g/mol. The van der Waals surface area contributed by atoms with E-state index in [0.29, 0.717) is 6.54 Å². The van der Waals surface area contributed by atoms with Gasteiger partial charge in [-0.3, -0.25) is 9.69 Å². The molecule has 0 N–H and O–H groups in total. The molecular formula is C19H30N2O2. The lowest BCUT2D eigenvalue weighted by Crippen LogP contribution is -2.45.